The second-order valence-electron chi connectivity index (χ2n) is 5.34. The fourth-order valence-corrected chi connectivity index (χ4v) is 2.04. The van der Waals surface area contributed by atoms with Crippen molar-refractivity contribution < 1.29 is 14.0 Å². The first-order valence-corrected chi connectivity index (χ1v) is 7.70. The van der Waals surface area contributed by atoms with Gasteiger partial charge in [0.15, 0.2) is 0 Å². The lowest BCUT2D eigenvalue weighted by Gasteiger charge is -2.09. The number of hydrogen-bond donors (Lipinski definition) is 3. The zero-order valence-electron chi connectivity index (χ0n) is 13.4. The number of rotatable bonds is 6. The van der Waals surface area contributed by atoms with Crippen molar-refractivity contribution in [3.63, 3.8) is 0 Å². The van der Waals surface area contributed by atoms with Gasteiger partial charge in [0.25, 0.3) is 5.91 Å². The molecule has 0 bridgehead atoms. The second-order valence-corrected chi connectivity index (χ2v) is 5.34. The quantitative estimate of drug-likeness (QED) is 0.713. The zero-order chi connectivity index (χ0) is 17.4. The van der Waals surface area contributed by atoms with E-state index < -0.39 is 11.7 Å². The number of halogens is 1. The van der Waals surface area contributed by atoms with Crippen molar-refractivity contribution in [1.82, 2.24) is 10.6 Å². The van der Waals surface area contributed by atoms with Crippen molar-refractivity contribution in [2.24, 2.45) is 0 Å². The topological polar surface area (TPSA) is 70.2 Å². The number of aryl methyl sites for hydroxylation is 1. The Morgan fingerprint density at radius 2 is 1.62 bits per heavy atom. The molecule has 3 N–H and O–H groups in total. The number of amides is 3. The SMILES string of the molecule is Cc1ccc(NC(=O)NCCCNC(=O)c2ccccc2F)cc1. The van der Waals surface area contributed by atoms with Gasteiger partial charge in [0.2, 0.25) is 0 Å². The van der Waals surface area contributed by atoms with E-state index in [4.69, 9.17) is 0 Å². The summed E-state index contributed by atoms with van der Waals surface area (Å²) >= 11 is 0. The number of nitrogens with one attached hydrogen (secondary N) is 3. The minimum Gasteiger partial charge on any atom is -0.352 e. The molecule has 0 atom stereocenters. The van der Waals surface area contributed by atoms with Gasteiger partial charge in [0.1, 0.15) is 5.82 Å². The molecule has 2 aromatic carbocycles. The Hall–Kier alpha value is -2.89. The molecule has 6 heteroatoms. The molecule has 2 aromatic rings. The molecule has 0 aliphatic carbocycles. The van der Waals surface area contributed by atoms with Crippen LogP contribution in [0, 0.1) is 12.7 Å². The van der Waals surface area contributed by atoms with Crippen molar-refractivity contribution >= 4 is 17.6 Å². The van der Waals surface area contributed by atoms with E-state index in [1.165, 1.54) is 18.2 Å². The third-order valence-corrected chi connectivity index (χ3v) is 3.35. The molecule has 0 unspecified atom stereocenters. The van der Waals surface area contributed by atoms with Crippen molar-refractivity contribution in [3.05, 3.63) is 65.5 Å². The van der Waals surface area contributed by atoms with E-state index in [1.54, 1.807) is 6.07 Å². The molecule has 0 aromatic heterocycles. The highest BCUT2D eigenvalue weighted by Crippen LogP contribution is 2.08. The first-order chi connectivity index (χ1) is 11.6. The maximum atomic E-state index is 13.4. The van der Waals surface area contributed by atoms with Crippen molar-refractivity contribution in [3.8, 4) is 0 Å². The van der Waals surface area contributed by atoms with Crippen LogP contribution in [0.25, 0.3) is 0 Å². The number of carbonyl (C=O) groups is 2. The van der Waals surface area contributed by atoms with Crippen LogP contribution in [0.4, 0.5) is 14.9 Å². The van der Waals surface area contributed by atoms with Gasteiger partial charge in [-0.1, -0.05) is 29.8 Å². The standard InChI is InChI=1S/C18H20FN3O2/c1-13-7-9-14(10-8-13)22-18(24)21-12-4-11-20-17(23)15-5-2-3-6-16(15)19/h2-3,5-10H,4,11-12H2,1H3,(H,20,23)(H2,21,22,24). The van der Waals surface area contributed by atoms with Gasteiger partial charge in [-0.15, -0.1) is 0 Å². The summed E-state index contributed by atoms with van der Waals surface area (Å²) in [6.07, 6.45) is 0.543. The number of benzene rings is 2. The van der Waals surface area contributed by atoms with E-state index in [9.17, 15) is 14.0 Å². The summed E-state index contributed by atoms with van der Waals surface area (Å²) < 4.78 is 13.4. The lowest BCUT2D eigenvalue weighted by Crippen LogP contribution is -2.32. The third-order valence-electron chi connectivity index (χ3n) is 3.35. The first kappa shape index (κ1) is 17.5. The Morgan fingerprint density at radius 1 is 0.958 bits per heavy atom. The van der Waals surface area contributed by atoms with Crippen LogP contribution in [0.5, 0.6) is 0 Å². The molecule has 0 radical (unpaired) electrons. The van der Waals surface area contributed by atoms with Crippen molar-refractivity contribution in [2.75, 3.05) is 18.4 Å². The summed E-state index contributed by atoms with van der Waals surface area (Å²) in [7, 11) is 0. The van der Waals surface area contributed by atoms with E-state index in [2.05, 4.69) is 16.0 Å². The highest BCUT2D eigenvalue weighted by Gasteiger charge is 2.09. The number of hydrogen-bond acceptors (Lipinski definition) is 2. The Kier molecular flexibility index (Phi) is 6.31. The minimum atomic E-state index is -0.550. The summed E-state index contributed by atoms with van der Waals surface area (Å²) in [5, 5.41) is 8.03. The lowest BCUT2D eigenvalue weighted by molar-refractivity contribution is 0.0949. The number of carbonyl (C=O) groups excluding carboxylic acids is 2. The maximum absolute atomic E-state index is 13.4. The van der Waals surface area contributed by atoms with Crippen LogP contribution in [-0.2, 0) is 0 Å². The molecular weight excluding hydrogens is 309 g/mol. The van der Waals surface area contributed by atoms with E-state index in [1.807, 2.05) is 31.2 Å². The van der Waals surface area contributed by atoms with Crippen LogP contribution in [0.15, 0.2) is 48.5 Å². The predicted molar refractivity (Wildman–Crippen MR) is 91.6 cm³/mol. The molecule has 5 nitrogen and oxygen atoms in total. The average molecular weight is 329 g/mol. The average Bonchev–Trinajstić information content (AvgIpc) is 2.57. The molecule has 0 saturated heterocycles. The summed E-state index contributed by atoms with van der Waals surface area (Å²) in [5.74, 6) is -1.01. The molecule has 2 rings (SSSR count). The Morgan fingerprint density at radius 3 is 2.33 bits per heavy atom. The highest BCUT2D eigenvalue weighted by atomic mass is 19.1. The fraction of sp³-hybridized carbons (Fsp3) is 0.222. The molecule has 0 aliphatic rings. The van der Waals surface area contributed by atoms with Gasteiger partial charge in [0, 0.05) is 18.8 Å². The second kappa shape index (κ2) is 8.67. The highest BCUT2D eigenvalue weighted by molar-refractivity contribution is 5.94. The molecule has 0 fully saturated rings. The van der Waals surface area contributed by atoms with Gasteiger partial charge >= 0.3 is 6.03 Å². The lowest BCUT2D eigenvalue weighted by atomic mass is 10.2. The molecule has 0 spiro atoms. The van der Waals surface area contributed by atoms with Crippen molar-refractivity contribution in [2.45, 2.75) is 13.3 Å². The van der Waals surface area contributed by atoms with Crippen LogP contribution in [0.2, 0.25) is 0 Å². The fourth-order valence-electron chi connectivity index (χ4n) is 2.04. The Balaban J connectivity index is 1.64. The number of urea groups is 1. The maximum Gasteiger partial charge on any atom is 0.319 e. The molecule has 24 heavy (non-hydrogen) atoms. The van der Waals surface area contributed by atoms with E-state index in [-0.39, 0.29) is 11.6 Å². The molecule has 0 saturated carbocycles. The summed E-state index contributed by atoms with van der Waals surface area (Å²) in [6, 6.07) is 13.0. The largest absolute Gasteiger partial charge is 0.352 e. The molecule has 0 heterocycles. The predicted octanol–water partition coefficient (Wildman–Crippen LogP) is 3.08. The van der Waals surface area contributed by atoms with Crippen LogP contribution >= 0.6 is 0 Å². The number of anilines is 1. The minimum absolute atomic E-state index is 0.0163. The molecule has 3 amide bonds. The summed E-state index contributed by atoms with van der Waals surface area (Å²) in [4.78, 5) is 23.5. The monoisotopic (exact) mass is 329 g/mol. The van der Waals surface area contributed by atoms with Gasteiger partial charge in [-0.3, -0.25) is 4.79 Å². The van der Waals surface area contributed by atoms with Gasteiger partial charge in [-0.25, -0.2) is 9.18 Å². The van der Waals surface area contributed by atoms with Crippen LogP contribution < -0.4 is 16.0 Å². The smallest absolute Gasteiger partial charge is 0.319 e. The molecule has 0 aliphatic heterocycles. The van der Waals surface area contributed by atoms with Crippen LogP contribution in [0.3, 0.4) is 0 Å². The zero-order valence-corrected chi connectivity index (χ0v) is 13.4. The van der Waals surface area contributed by atoms with Crippen molar-refractivity contribution in [1.29, 1.82) is 0 Å². The normalized spacial score (nSPS) is 10.1. The summed E-state index contributed by atoms with van der Waals surface area (Å²) in [6.45, 7) is 2.71. The molecular formula is C18H20FN3O2. The summed E-state index contributed by atoms with van der Waals surface area (Å²) in [5.41, 5.74) is 1.85. The Bertz CT molecular complexity index is 702. The van der Waals surface area contributed by atoms with Crippen LogP contribution in [0.1, 0.15) is 22.3 Å². The first-order valence-electron chi connectivity index (χ1n) is 7.70. The Labute approximate surface area is 140 Å². The van der Waals surface area contributed by atoms with Gasteiger partial charge in [0.05, 0.1) is 5.56 Å². The van der Waals surface area contributed by atoms with E-state index in [0.29, 0.717) is 25.2 Å². The molecule has 126 valence electrons. The van der Waals surface area contributed by atoms with E-state index in [0.717, 1.165) is 5.56 Å². The van der Waals surface area contributed by atoms with E-state index >= 15 is 0 Å². The van der Waals surface area contributed by atoms with Gasteiger partial charge < -0.3 is 16.0 Å². The van der Waals surface area contributed by atoms with Gasteiger partial charge in [-0.05, 0) is 37.6 Å². The third kappa shape index (κ3) is 5.39. The van der Waals surface area contributed by atoms with Crippen LogP contribution in [-0.4, -0.2) is 25.0 Å². The van der Waals surface area contributed by atoms with Gasteiger partial charge in [-0.2, -0.15) is 0 Å².